The fourth-order valence-corrected chi connectivity index (χ4v) is 4.17. The number of aromatic amines is 1. The highest BCUT2D eigenvalue weighted by Crippen LogP contribution is 2.31. The molecule has 2 heterocycles. The van der Waals surface area contributed by atoms with Crippen LogP contribution in [0, 0.1) is 5.82 Å². The third-order valence-electron chi connectivity index (χ3n) is 6.03. The van der Waals surface area contributed by atoms with Gasteiger partial charge in [-0.3, -0.25) is 14.6 Å². The van der Waals surface area contributed by atoms with E-state index in [1.807, 2.05) is 37.3 Å². The maximum absolute atomic E-state index is 13.3. The molecular weight excluding hydrogens is 473 g/mol. The van der Waals surface area contributed by atoms with Crippen LogP contribution in [-0.2, 0) is 4.79 Å². The summed E-state index contributed by atoms with van der Waals surface area (Å²) in [6.07, 6.45) is 4.00. The number of anilines is 2. The molecule has 2 aromatic heterocycles. The first-order chi connectivity index (χ1) is 17.9. The van der Waals surface area contributed by atoms with Crippen LogP contribution < -0.4 is 16.4 Å². The van der Waals surface area contributed by atoms with E-state index in [2.05, 4.69) is 25.9 Å². The van der Waals surface area contributed by atoms with Gasteiger partial charge >= 0.3 is 6.03 Å². The molecule has 0 radical (unpaired) electrons. The summed E-state index contributed by atoms with van der Waals surface area (Å²) in [5.74, 6) is -0.853. The van der Waals surface area contributed by atoms with Crippen LogP contribution >= 0.6 is 0 Å². The normalized spacial score (nSPS) is 11.8. The Morgan fingerprint density at radius 1 is 1.00 bits per heavy atom. The second-order valence-corrected chi connectivity index (χ2v) is 8.53. The van der Waals surface area contributed by atoms with Gasteiger partial charge in [-0.25, -0.2) is 9.18 Å². The number of hydrogen-bond donors (Lipinski definition) is 4. The first-order valence-corrected chi connectivity index (χ1v) is 11.7. The molecule has 0 bridgehead atoms. The fraction of sp³-hybridized carbons (Fsp3) is 0.111. The van der Waals surface area contributed by atoms with Crippen molar-refractivity contribution < 1.29 is 14.0 Å². The van der Waals surface area contributed by atoms with Gasteiger partial charge in [0.15, 0.2) is 0 Å². The maximum atomic E-state index is 13.3. The minimum Gasteiger partial charge on any atom is -0.368 e. The number of carbonyl (C=O) groups is 2. The van der Waals surface area contributed by atoms with Crippen molar-refractivity contribution in [2.75, 3.05) is 10.6 Å². The summed E-state index contributed by atoms with van der Waals surface area (Å²) in [4.78, 5) is 23.9. The lowest BCUT2D eigenvalue weighted by Gasteiger charge is -2.10. The van der Waals surface area contributed by atoms with Gasteiger partial charge < -0.3 is 16.4 Å². The molecule has 9 nitrogen and oxygen atoms in total. The highest BCUT2D eigenvalue weighted by Gasteiger charge is 2.18. The van der Waals surface area contributed by atoms with E-state index in [-0.39, 0.29) is 0 Å². The largest absolute Gasteiger partial charge is 0.368 e. The number of halogens is 1. The van der Waals surface area contributed by atoms with E-state index in [1.165, 1.54) is 18.2 Å². The van der Waals surface area contributed by atoms with Crippen molar-refractivity contribution >= 4 is 34.2 Å². The van der Waals surface area contributed by atoms with Gasteiger partial charge in [-0.2, -0.15) is 10.2 Å². The molecule has 0 fully saturated rings. The SMILES string of the molecule is CCC(C(N)=O)n1cc(-c2n[nH]c3cc(-c4ccc(NC(=O)Nc5cccc(F)c5)cc4)ccc23)cn1. The predicted octanol–water partition coefficient (Wildman–Crippen LogP) is 5.31. The van der Waals surface area contributed by atoms with E-state index in [4.69, 9.17) is 5.73 Å². The first-order valence-electron chi connectivity index (χ1n) is 11.7. The fourth-order valence-electron chi connectivity index (χ4n) is 4.17. The molecular formula is C27H24FN7O2. The minimum absolute atomic E-state index is 0.367. The number of benzene rings is 3. The van der Waals surface area contributed by atoms with Gasteiger partial charge in [0.05, 0.1) is 11.7 Å². The Bertz CT molecular complexity index is 1590. The number of urea groups is 1. The number of hydrogen-bond acceptors (Lipinski definition) is 4. The van der Waals surface area contributed by atoms with E-state index >= 15 is 0 Å². The summed E-state index contributed by atoms with van der Waals surface area (Å²) in [6, 6.07) is 18.1. The lowest BCUT2D eigenvalue weighted by atomic mass is 10.0. The Morgan fingerprint density at radius 3 is 2.49 bits per heavy atom. The lowest BCUT2D eigenvalue weighted by Crippen LogP contribution is -2.26. The number of amides is 3. The molecule has 37 heavy (non-hydrogen) atoms. The Labute approximate surface area is 211 Å². The number of H-pyrrole nitrogens is 1. The van der Waals surface area contributed by atoms with E-state index in [1.54, 1.807) is 35.3 Å². The van der Waals surface area contributed by atoms with Crippen molar-refractivity contribution in [3.63, 3.8) is 0 Å². The quantitative estimate of drug-likeness (QED) is 0.243. The lowest BCUT2D eigenvalue weighted by molar-refractivity contribution is -0.121. The van der Waals surface area contributed by atoms with E-state index in [0.717, 1.165) is 33.3 Å². The van der Waals surface area contributed by atoms with Crippen molar-refractivity contribution in [1.29, 1.82) is 0 Å². The first kappa shape index (κ1) is 23.7. The predicted molar refractivity (Wildman–Crippen MR) is 140 cm³/mol. The van der Waals surface area contributed by atoms with Crippen LogP contribution in [0.15, 0.2) is 79.1 Å². The van der Waals surface area contributed by atoms with Gasteiger partial charge in [0.25, 0.3) is 0 Å². The number of fused-ring (bicyclic) bond motifs is 1. The number of primary amides is 1. The third kappa shape index (κ3) is 5.03. The van der Waals surface area contributed by atoms with Crippen molar-refractivity contribution in [3.8, 4) is 22.4 Å². The van der Waals surface area contributed by atoms with Crippen molar-refractivity contribution in [2.24, 2.45) is 5.73 Å². The Kier molecular flexibility index (Phi) is 6.38. The Balaban J connectivity index is 1.31. The van der Waals surface area contributed by atoms with Crippen LogP contribution in [0.2, 0.25) is 0 Å². The number of nitrogens with one attached hydrogen (secondary N) is 3. The number of carbonyl (C=O) groups excluding carboxylic acids is 2. The summed E-state index contributed by atoms with van der Waals surface area (Å²) >= 11 is 0. The van der Waals surface area contributed by atoms with E-state index < -0.39 is 23.8 Å². The minimum atomic E-state index is -0.504. The molecule has 5 aromatic rings. The van der Waals surface area contributed by atoms with Crippen molar-refractivity contribution in [2.45, 2.75) is 19.4 Å². The third-order valence-corrected chi connectivity index (χ3v) is 6.03. The summed E-state index contributed by atoms with van der Waals surface area (Å²) in [6.45, 7) is 1.88. The summed E-state index contributed by atoms with van der Waals surface area (Å²) in [5.41, 5.74) is 10.7. The average molecular weight is 498 g/mol. The van der Waals surface area contributed by atoms with Crippen LogP contribution in [0.4, 0.5) is 20.6 Å². The Hall–Kier alpha value is -4.99. The summed E-state index contributed by atoms with van der Waals surface area (Å²) < 4.78 is 14.9. The standard InChI is InChI=1S/C27H24FN7O2/c1-2-24(26(29)36)35-15-18(14-30-35)25-22-11-8-17(12-23(22)33-34-25)16-6-9-20(10-7-16)31-27(37)32-21-5-3-4-19(28)13-21/h3-15,24H,2H2,1H3,(H2,29,36)(H,33,34)(H2,31,32,37). The topological polar surface area (TPSA) is 131 Å². The highest BCUT2D eigenvalue weighted by molar-refractivity contribution is 6.00. The maximum Gasteiger partial charge on any atom is 0.323 e. The molecule has 10 heteroatoms. The van der Waals surface area contributed by atoms with Gasteiger partial charge in [-0.05, 0) is 60.0 Å². The number of nitrogens with zero attached hydrogens (tertiary/aromatic N) is 3. The number of rotatable bonds is 7. The molecule has 1 atom stereocenters. The van der Waals surface area contributed by atoms with E-state index in [0.29, 0.717) is 17.8 Å². The molecule has 0 aliphatic rings. The highest BCUT2D eigenvalue weighted by atomic mass is 19.1. The molecule has 0 aliphatic carbocycles. The molecule has 3 amide bonds. The molecule has 3 aromatic carbocycles. The number of aromatic nitrogens is 4. The van der Waals surface area contributed by atoms with Gasteiger partial charge in [-0.15, -0.1) is 0 Å². The van der Waals surface area contributed by atoms with Crippen LogP contribution in [-0.4, -0.2) is 31.9 Å². The molecule has 5 rings (SSSR count). The molecule has 5 N–H and O–H groups in total. The monoisotopic (exact) mass is 497 g/mol. The molecule has 0 spiro atoms. The van der Waals surface area contributed by atoms with Gasteiger partial charge in [-0.1, -0.05) is 31.2 Å². The summed E-state index contributed by atoms with van der Waals surface area (Å²) in [5, 5.41) is 18.1. The van der Waals surface area contributed by atoms with Crippen LogP contribution in [0.1, 0.15) is 19.4 Å². The van der Waals surface area contributed by atoms with Gasteiger partial charge in [0.1, 0.15) is 17.6 Å². The van der Waals surface area contributed by atoms with Crippen LogP contribution in [0.5, 0.6) is 0 Å². The number of nitrogens with two attached hydrogens (primary N) is 1. The Morgan fingerprint density at radius 2 is 1.76 bits per heavy atom. The molecule has 186 valence electrons. The van der Waals surface area contributed by atoms with Gasteiger partial charge in [0.2, 0.25) is 5.91 Å². The zero-order chi connectivity index (χ0) is 25.9. The van der Waals surface area contributed by atoms with Crippen molar-refractivity contribution in [3.05, 3.63) is 84.9 Å². The van der Waals surface area contributed by atoms with Gasteiger partial charge in [0, 0.05) is 28.5 Å². The smallest absolute Gasteiger partial charge is 0.323 e. The summed E-state index contributed by atoms with van der Waals surface area (Å²) in [7, 11) is 0. The second-order valence-electron chi connectivity index (χ2n) is 8.53. The second kappa shape index (κ2) is 9.94. The molecule has 0 saturated heterocycles. The molecule has 0 saturated carbocycles. The van der Waals surface area contributed by atoms with Crippen LogP contribution in [0.25, 0.3) is 33.3 Å². The zero-order valence-corrected chi connectivity index (χ0v) is 19.9. The zero-order valence-electron chi connectivity index (χ0n) is 19.9. The van der Waals surface area contributed by atoms with E-state index in [9.17, 15) is 14.0 Å². The molecule has 0 aliphatic heterocycles. The average Bonchev–Trinajstić information content (AvgIpc) is 3.51. The van der Waals surface area contributed by atoms with Crippen LogP contribution in [0.3, 0.4) is 0 Å². The molecule has 1 unspecified atom stereocenters. The van der Waals surface area contributed by atoms with Crippen molar-refractivity contribution in [1.82, 2.24) is 20.0 Å².